The minimum absolute atomic E-state index is 0.209. The molecule has 2 aromatic rings. The molecular formula is C15H15ClFNO. The van der Waals surface area contributed by atoms with Crippen LogP contribution in [-0.2, 0) is 0 Å². The van der Waals surface area contributed by atoms with Crippen LogP contribution in [0.4, 0.5) is 10.1 Å². The van der Waals surface area contributed by atoms with Gasteiger partial charge in [-0.05, 0) is 24.6 Å². The quantitative estimate of drug-likeness (QED) is 0.835. The monoisotopic (exact) mass is 279 g/mol. The van der Waals surface area contributed by atoms with Gasteiger partial charge < -0.3 is 10.5 Å². The third-order valence-electron chi connectivity index (χ3n) is 2.73. The van der Waals surface area contributed by atoms with Crippen LogP contribution in [0, 0.1) is 5.82 Å². The standard InChI is InChI=1S/C15H15ClFNO/c1-2-7-19-14-6-4-3-5-11(14)12-8-10(17)9-13(16)15(12)18/h3-6,8-9H,2,7,18H2,1H3. The molecule has 4 heteroatoms. The maximum Gasteiger partial charge on any atom is 0.127 e. The average Bonchev–Trinajstić information content (AvgIpc) is 2.41. The summed E-state index contributed by atoms with van der Waals surface area (Å²) in [5.41, 5.74) is 7.58. The zero-order chi connectivity index (χ0) is 13.8. The molecule has 2 N–H and O–H groups in total. The van der Waals surface area contributed by atoms with Crippen molar-refractivity contribution in [3.8, 4) is 16.9 Å². The fraction of sp³-hybridized carbons (Fsp3) is 0.200. The fourth-order valence-corrected chi connectivity index (χ4v) is 2.04. The Morgan fingerprint density at radius 1 is 1.21 bits per heavy atom. The van der Waals surface area contributed by atoms with Crippen molar-refractivity contribution in [2.24, 2.45) is 0 Å². The number of nitrogen functional groups attached to an aromatic ring is 1. The summed E-state index contributed by atoms with van der Waals surface area (Å²) >= 11 is 5.92. The number of rotatable bonds is 4. The van der Waals surface area contributed by atoms with Crippen molar-refractivity contribution in [2.75, 3.05) is 12.3 Å². The zero-order valence-electron chi connectivity index (χ0n) is 10.6. The molecule has 2 nitrogen and oxygen atoms in total. The van der Waals surface area contributed by atoms with Crippen molar-refractivity contribution >= 4 is 17.3 Å². The third kappa shape index (κ3) is 2.99. The summed E-state index contributed by atoms with van der Waals surface area (Å²) in [6.07, 6.45) is 0.897. The molecule has 0 radical (unpaired) electrons. The van der Waals surface area contributed by atoms with Crippen LogP contribution in [0.15, 0.2) is 36.4 Å². The van der Waals surface area contributed by atoms with Crippen LogP contribution in [0.3, 0.4) is 0 Å². The van der Waals surface area contributed by atoms with E-state index in [1.807, 2.05) is 31.2 Å². The molecule has 0 aliphatic carbocycles. The molecule has 2 aromatic carbocycles. The van der Waals surface area contributed by atoms with Crippen LogP contribution in [0.25, 0.3) is 11.1 Å². The lowest BCUT2D eigenvalue weighted by atomic mass is 10.0. The van der Waals surface area contributed by atoms with Gasteiger partial charge in [-0.2, -0.15) is 0 Å². The van der Waals surface area contributed by atoms with Crippen molar-refractivity contribution in [3.05, 3.63) is 47.2 Å². The summed E-state index contributed by atoms with van der Waals surface area (Å²) in [6.45, 7) is 2.62. The molecule has 100 valence electrons. The average molecular weight is 280 g/mol. The second kappa shape index (κ2) is 5.93. The van der Waals surface area contributed by atoms with Gasteiger partial charge >= 0.3 is 0 Å². The summed E-state index contributed by atoms with van der Waals surface area (Å²) in [4.78, 5) is 0. The summed E-state index contributed by atoms with van der Waals surface area (Å²) in [6, 6.07) is 9.97. The zero-order valence-corrected chi connectivity index (χ0v) is 11.4. The van der Waals surface area contributed by atoms with Gasteiger partial charge in [0.1, 0.15) is 11.6 Å². The van der Waals surface area contributed by atoms with E-state index >= 15 is 0 Å². The number of ether oxygens (including phenoxy) is 1. The first-order valence-corrected chi connectivity index (χ1v) is 6.48. The van der Waals surface area contributed by atoms with E-state index in [1.165, 1.54) is 12.1 Å². The molecule has 19 heavy (non-hydrogen) atoms. The predicted octanol–water partition coefficient (Wildman–Crippen LogP) is 4.52. The number of hydrogen-bond donors (Lipinski definition) is 1. The van der Waals surface area contributed by atoms with Crippen LogP contribution in [0.1, 0.15) is 13.3 Å². The van der Waals surface area contributed by atoms with Crippen molar-refractivity contribution in [1.29, 1.82) is 0 Å². The SMILES string of the molecule is CCCOc1ccccc1-c1cc(F)cc(Cl)c1N. The van der Waals surface area contributed by atoms with Crippen LogP contribution >= 0.6 is 11.6 Å². The molecule has 0 saturated heterocycles. The fourth-order valence-electron chi connectivity index (χ4n) is 1.83. The highest BCUT2D eigenvalue weighted by atomic mass is 35.5. The lowest BCUT2D eigenvalue weighted by molar-refractivity contribution is 0.318. The molecule has 0 amide bonds. The Hall–Kier alpha value is -1.74. The van der Waals surface area contributed by atoms with Gasteiger partial charge in [0.25, 0.3) is 0 Å². The molecule has 0 atom stereocenters. The Balaban J connectivity index is 2.52. The van der Waals surface area contributed by atoms with Crippen molar-refractivity contribution in [1.82, 2.24) is 0 Å². The van der Waals surface area contributed by atoms with Crippen LogP contribution < -0.4 is 10.5 Å². The third-order valence-corrected chi connectivity index (χ3v) is 3.05. The molecule has 0 spiro atoms. The van der Waals surface area contributed by atoms with E-state index in [1.54, 1.807) is 0 Å². The highest BCUT2D eigenvalue weighted by molar-refractivity contribution is 6.33. The highest BCUT2D eigenvalue weighted by Crippen LogP contribution is 2.37. The Morgan fingerprint density at radius 2 is 1.95 bits per heavy atom. The summed E-state index contributed by atoms with van der Waals surface area (Å²) in [5, 5.41) is 0.209. The van der Waals surface area contributed by atoms with Gasteiger partial charge in [-0.3, -0.25) is 0 Å². The Bertz CT molecular complexity index is 586. The molecule has 0 aliphatic heterocycles. The Morgan fingerprint density at radius 3 is 2.68 bits per heavy atom. The van der Waals surface area contributed by atoms with Gasteiger partial charge in [-0.15, -0.1) is 0 Å². The number of anilines is 1. The minimum Gasteiger partial charge on any atom is -0.493 e. The molecule has 0 aromatic heterocycles. The van der Waals surface area contributed by atoms with Gasteiger partial charge in [-0.1, -0.05) is 36.7 Å². The normalized spacial score (nSPS) is 10.5. The second-order valence-electron chi connectivity index (χ2n) is 4.19. The van der Waals surface area contributed by atoms with Crippen molar-refractivity contribution < 1.29 is 9.13 Å². The molecule has 0 unspecified atom stereocenters. The molecule has 0 heterocycles. The Kier molecular flexibility index (Phi) is 4.27. The number of benzene rings is 2. The van der Waals surface area contributed by atoms with Gasteiger partial charge in [0.2, 0.25) is 0 Å². The molecule has 2 rings (SSSR count). The van der Waals surface area contributed by atoms with Gasteiger partial charge in [0.15, 0.2) is 0 Å². The van der Waals surface area contributed by atoms with Crippen molar-refractivity contribution in [2.45, 2.75) is 13.3 Å². The molecule has 0 fully saturated rings. The van der Waals surface area contributed by atoms with Gasteiger partial charge in [-0.25, -0.2) is 4.39 Å². The van der Waals surface area contributed by atoms with E-state index in [-0.39, 0.29) is 5.02 Å². The topological polar surface area (TPSA) is 35.2 Å². The summed E-state index contributed by atoms with van der Waals surface area (Å²) < 4.78 is 19.2. The first kappa shape index (κ1) is 13.7. The second-order valence-corrected chi connectivity index (χ2v) is 4.60. The van der Waals surface area contributed by atoms with E-state index in [2.05, 4.69) is 0 Å². The van der Waals surface area contributed by atoms with Gasteiger partial charge in [0, 0.05) is 11.1 Å². The molecule has 0 saturated carbocycles. The van der Waals surface area contributed by atoms with E-state index in [0.717, 1.165) is 12.0 Å². The largest absolute Gasteiger partial charge is 0.493 e. The smallest absolute Gasteiger partial charge is 0.127 e. The minimum atomic E-state index is -0.417. The number of nitrogens with two attached hydrogens (primary N) is 1. The van der Waals surface area contributed by atoms with Crippen molar-refractivity contribution in [3.63, 3.8) is 0 Å². The van der Waals surface area contributed by atoms with Crippen LogP contribution in [0.2, 0.25) is 5.02 Å². The predicted molar refractivity (Wildman–Crippen MR) is 77.0 cm³/mol. The first-order chi connectivity index (χ1) is 9.13. The molecule has 0 bridgehead atoms. The first-order valence-electron chi connectivity index (χ1n) is 6.10. The summed E-state index contributed by atoms with van der Waals surface area (Å²) in [5.74, 6) is 0.261. The van der Waals surface area contributed by atoms with E-state index in [0.29, 0.717) is 23.6 Å². The summed E-state index contributed by atoms with van der Waals surface area (Å²) in [7, 11) is 0. The van der Waals surface area contributed by atoms with E-state index < -0.39 is 5.82 Å². The highest BCUT2D eigenvalue weighted by Gasteiger charge is 2.12. The Labute approximate surface area is 117 Å². The number of halogens is 2. The molecular weight excluding hydrogens is 265 g/mol. The molecule has 0 aliphatic rings. The van der Waals surface area contributed by atoms with Crippen LogP contribution in [-0.4, -0.2) is 6.61 Å². The lowest BCUT2D eigenvalue weighted by Gasteiger charge is -2.13. The van der Waals surface area contributed by atoms with E-state index in [4.69, 9.17) is 22.1 Å². The number of hydrogen-bond acceptors (Lipinski definition) is 2. The maximum atomic E-state index is 13.5. The maximum absolute atomic E-state index is 13.5. The number of para-hydroxylation sites is 1. The van der Waals surface area contributed by atoms with Gasteiger partial charge in [0.05, 0.1) is 17.3 Å². The van der Waals surface area contributed by atoms with Crippen LogP contribution in [0.5, 0.6) is 5.75 Å². The lowest BCUT2D eigenvalue weighted by Crippen LogP contribution is -1.99. The van der Waals surface area contributed by atoms with E-state index in [9.17, 15) is 4.39 Å².